The number of hydrogen-bond acceptors (Lipinski definition) is 0. The van der Waals surface area contributed by atoms with Crippen LogP contribution in [0.5, 0.6) is 0 Å². The van der Waals surface area contributed by atoms with Gasteiger partial charge in [-0.05, 0) is 35.4 Å². The van der Waals surface area contributed by atoms with Crippen LogP contribution < -0.4 is 0 Å². The number of benzene rings is 2. The minimum atomic E-state index is 0.774. The average Bonchev–Trinajstić information content (AvgIpc) is 2.38. The van der Waals surface area contributed by atoms with Gasteiger partial charge in [0.2, 0.25) is 0 Å². The van der Waals surface area contributed by atoms with Crippen LogP contribution in [0.2, 0.25) is 0 Å². The molecule has 0 N–H and O–H groups in total. The van der Waals surface area contributed by atoms with Crippen LogP contribution in [0.25, 0.3) is 11.1 Å². The quantitative estimate of drug-likeness (QED) is 0.690. The molecule has 0 amide bonds. The van der Waals surface area contributed by atoms with Crippen molar-refractivity contribution in [3.63, 3.8) is 0 Å². The number of hydrogen-bond donors (Lipinski definition) is 0. The van der Waals surface area contributed by atoms with E-state index in [9.17, 15) is 0 Å². The molecule has 0 fully saturated rings. The maximum Gasteiger partial charge on any atom is -0.0181 e. The van der Waals surface area contributed by atoms with Crippen molar-refractivity contribution >= 4 is 0 Å². The summed E-state index contributed by atoms with van der Waals surface area (Å²) in [5.74, 6) is 0.774. The average molecular weight is 224 g/mol. The van der Waals surface area contributed by atoms with Gasteiger partial charge < -0.3 is 0 Å². The van der Waals surface area contributed by atoms with Crippen LogP contribution in [-0.2, 0) is 6.42 Å². The molecule has 0 aliphatic heterocycles. The van der Waals surface area contributed by atoms with Crippen molar-refractivity contribution in [1.29, 1.82) is 0 Å². The Morgan fingerprint density at radius 3 is 2.24 bits per heavy atom. The first-order valence-electron chi connectivity index (χ1n) is 6.40. The monoisotopic (exact) mass is 224 g/mol. The van der Waals surface area contributed by atoms with Gasteiger partial charge in [0.05, 0.1) is 0 Å². The van der Waals surface area contributed by atoms with Gasteiger partial charge in [-0.3, -0.25) is 0 Å². The van der Waals surface area contributed by atoms with Crippen LogP contribution in [-0.4, -0.2) is 0 Å². The van der Waals surface area contributed by atoms with E-state index in [2.05, 4.69) is 68.4 Å². The molecule has 2 rings (SSSR count). The highest BCUT2D eigenvalue weighted by molar-refractivity contribution is 5.63. The van der Waals surface area contributed by atoms with Crippen LogP contribution in [0.3, 0.4) is 0 Å². The maximum atomic E-state index is 2.32. The van der Waals surface area contributed by atoms with Crippen molar-refractivity contribution in [2.45, 2.75) is 26.7 Å². The standard InChI is InChI=1S/C17H20/c1-14(2)11-12-15-7-6-10-17(13-15)16-8-4-3-5-9-16/h3-10,13-14H,11-12H2,1-2H3. The van der Waals surface area contributed by atoms with Gasteiger partial charge >= 0.3 is 0 Å². The summed E-state index contributed by atoms with van der Waals surface area (Å²) in [6.07, 6.45) is 2.44. The van der Waals surface area contributed by atoms with Gasteiger partial charge in [0.1, 0.15) is 0 Å². The molecule has 0 heterocycles. The van der Waals surface area contributed by atoms with Crippen molar-refractivity contribution in [2.75, 3.05) is 0 Å². The summed E-state index contributed by atoms with van der Waals surface area (Å²) in [5, 5.41) is 0. The highest BCUT2D eigenvalue weighted by Crippen LogP contribution is 2.21. The smallest absolute Gasteiger partial charge is 0.0181 e. The highest BCUT2D eigenvalue weighted by atomic mass is 14.1. The lowest BCUT2D eigenvalue weighted by Crippen LogP contribution is -1.92. The Morgan fingerprint density at radius 2 is 1.53 bits per heavy atom. The Balaban J connectivity index is 2.17. The molecule has 0 heteroatoms. The lowest BCUT2D eigenvalue weighted by Gasteiger charge is -2.07. The van der Waals surface area contributed by atoms with E-state index in [1.165, 1.54) is 29.5 Å². The largest absolute Gasteiger partial charge is 0.0628 e. The SMILES string of the molecule is CC(C)CCc1cccc(-c2ccccc2)c1. The van der Waals surface area contributed by atoms with Gasteiger partial charge in [-0.2, -0.15) is 0 Å². The van der Waals surface area contributed by atoms with Gasteiger partial charge in [0, 0.05) is 0 Å². The molecule has 0 radical (unpaired) electrons. The van der Waals surface area contributed by atoms with E-state index in [0.717, 1.165) is 5.92 Å². The van der Waals surface area contributed by atoms with Crippen LogP contribution in [0.4, 0.5) is 0 Å². The number of aryl methyl sites for hydroxylation is 1. The lowest BCUT2D eigenvalue weighted by molar-refractivity contribution is 0.587. The summed E-state index contributed by atoms with van der Waals surface area (Å²) in [6, 6.07) is 19.5. The van der Waals surface area contributed by atoms with E-state index >= 15 is 0 Å². The Kier molecular flexibility index (Phi) is 3.98. The van der Waals surface area contributed by atoms with E-state index in [4.69, 9.17) is 0 Å². The molecule has 0 atom stereocenters. The summed E-state index contributed by atoms with van der Waals surface area (Å²) < 4.78 is 0. The molecular formula is C17H20. The zero-order valence-corrected chi connectivity index (χ0v) is 10.7. The van der Waals surface area contributed by atoms with Crippen molar-refractivity contribution in [2.24, 2.45) is 5.92 Å². The fraction of sp³-hybridized carbons (Fsp3) is 0.294. The molecule has 0 unspecified atom stereocenters. The van der Waals surface area contributed by atoms with Crippen LogP contribution in [0, 0.1) is 5.92 Å². The molecule has 2 aromatic carbocycles. The van der Waals surface area contributed by atoms with Crippen LogP contribution >= 0.6 is 0 Å². The topological polar surface area (TPSA) is 0 Å². The van der Waals surface area contributed by atoms with Crippen LogP contribution in [0.15, 0.2) is 54.6 Å². The van der Waals surface area contributed by atoms with E-state index in [0.29, 0.717) is 0 Å². The molecule has 88 valence electrons. The van der Waals surface area contributed by atoms with Crippen molar-refractivity contribution in [3.05, 3.63) is 60.2 Å². The maximum absolute atomic E-state index is 2.32. The van der Waals surface area contributed by atoms with E-state index in [-0.39, 0.29) is 0 Å². The first-order valence-corrected chi connectivity index (χ1v) is 6.40. The summed E-state index contributed by atoms with van der Waals surface area (Å²) in [4.78, 5) is 0. The molecule has 0 saturated heterocycles. The third-order valence-electron chi connectivity index (χ3n) is 3.04. The summed E-state index contributed by atoms with van der Waals surface area (Å²) in [5.41, 5.74) is 4.07. The normalized spacial score (nSPS) is 10.8. The summed E-state index contributed by atoms with van der Waals surface area (Å²) in [6.45, 7) is 4.56. The van der Waals surface area contributed by atoms with Gasteiger partial charge in [0.15, 0.2) is 0 Å². The van der Waals surface area contributed by atoms with E-state index in [1.54, 1.807) is 0 Å². The molecule has 2 aromatic rings. The predicted octanol–water partition coefficient (Wildman–Crippen LogP) is 4.94. The number of rotatable bonds is 4. The molecular weight excluding hydrogens is 204 g/mol. The van der Waals surface area contributed by atoms with E-state index in [1.807, 2.05) is 0 Å². The molecule has 0 aliphatic rings. The fourth-order valence-electron chi connectivity index (χ4n) is 1.99. The molecule has 0 nitrogen and oxygen atoms in total. The second-order valence-electron chi connectivity index (χ2n) is 5.00. The first-order chi connectivity index (χ1) is 8.25. The van der Waals surface area contributed by atoms with Gasteiger partial charge in [-0.1, -0.05) is 68.4 Å². The van der Waals surface area contributed by atoms with Crippen LogP contribution in [0.1, 0.15) is 25.8 Å². The molecule has 0 aromatic heterocycles. The second kappa shape index (κ2) is 5.67. The first kappa shape index (κ1) is 11.9. The molecule has 0 aliphatic carbocycles. The van der Waals surface area contributed by atoms with Crippen molar-refractivity contribution in [3.8, 4) is 11.1 Å². The molecule has 0 spiro atoms. The Labute approximate surface area is 104 Å². The van der Waals surface area contributed by atoms with Crippen molar-refractivity contribution in [1.82, 2.24) is 0 Å². The third kappa shape index (κ3) is 3.45. The second-order valence-corrected chi connectivity index (χ2v) is 5.00. The van der Waals surface area contributed by atoms with Gasteiger partial charge in [-0.15, -0.1) is 0 Å². The minimum Gasteiger partial charge on any atom is -0.0628 e. The summed E-state index contributed by atoms with van der Waals surface area (Å²) in [7, 11) is 0. The lowest BCUT2D eigenvalue weighted by atomic mass is 9.98. The molecule has 0 saturated carbocycles. The predicted molar refractivity (Wildman–Crippen MR) is 75.0 cm³/mol. The third-order valence-corrected chi connectivity index (χ3v) is 3.04. The zero-order chi connectivity index (χ0) is 12.1. The highest BCUT2D eigenvalue weighted by Gasteiger charge is 2.00. The minimum absolute atomic E-state index is 0.774. The van der Waals surface area contributed by atoms with Gasteiger partial charge in [0.25, 0.3) is 0 Å². The van der Waals surface area contributed by atoms with E-state index < -0.39 is 0 Å². The summed E-state index contributed by atoms with van der Waals surface area (Å²) >= 11 is 0. The fourth-order valence-corrected chi connectivity index (χ4v) is 1.99. The molecule has 17 heavy (non-hydrogen) atoms. The molecule has 0 bridgehead atoms. The Bertz CT molecular complexity index is 454. The van der Waals surface area contributed by atoms with Gasteiger partial charge in [-0.25, -0.2) is 0 Å². The Morgan fingerprint density at radius 1 is 0.824 bits per heavy atom. The van der Waals surface area contributed by atoms with Crippen molar-refractivity contribution < 1.29 is 0 Å². The zero-order valence-electron chi connectivity index (χ0n) is 10.7. The Hall–Kier alpha value is -1.56.